The number of hydrogen-bond acceptors (Lipinski definition) is 3. The molecule has 0 aliphatic rings. The Morgan fingerprint density at radius 1 is 1.03 bits per heavy atom. The molecule has 0 saturated heterocycles. The number of benzene rings is 3. The van der Waals surface area contributed by atoms with Gasteiger partial charge in [0.15, 0.2) is 0 Å². The zero-order chi connectivity index (χ0) is 21.7. The van der Waals surface area contributed by atoms with E-state index in [1.54, 1.807) is 13.0 Å². The summed E-state index contributed by atoms with van der Waals surface area (Å²) in [6, 6.07) is 14.6. The predicted octanol–water partition coefficient (Wildman–Crippen LogP) is 5.35. The maximum atomic E-state index is 13.7. The minimum absolute atomic E-state index is 0.0967. The third-order valence-electron chi connectivity index (χ3n) is 4.46. The van der Waals surface area contributed by atoms with E-state index in [0.717, 1.165) is 27.8 Å². The summed E-state index contributed by atoms with van der Waals surface area (Å²) < 4.78 is 27.4. The van der Waals surface area contributed by atoms with Crippen LogP contribution >= 0.6 is 23.4 Å². The van der Waals surface area contributed by atoms with Gasteiger partial charge in [-0.25, -0.2) is 8.78 Å². The number of thioether (sulfide) groups is 1. The van der Waals surface area contributed by atoms with E-state index in [-0.39, 0.29) is 24.7 Å². The molecule has 3 aromatic rings. The Labute approximate surface area is 182 Å². The molecule has 0 aliphatic carbocycles. The van der Waals surface area contributed by atoms with Gasteiger partial charge in [0, 0.05) is 21.8 Å². The van der Waals surface area contributed by atoms with Gasteiger partial charge in [-0.2, -0.15) is 0 Å². The number of amides is 2. The van der Waals surface area contributed by atoms with Gasteiger partial charge in [-0.3, -0.25) is 9.59 Å². The van der Waals surface area contributed by atoms with Crippen LogP contribution in [0.3, 0.4) is 0 Å². The molecule has 1 N–H and O–H groups in total. The largest absolute Gasteiger partial charge is 0.333 e. The molecule has 0 radical (unpaired) electrons. The first-order chi connectivity index (χ1) is 14.4. The number of halogens is 3. The fourth-order valence-corrected chi connectivity index (χ4v) is 4.31. The van der Waals surface area contributed by atoms with E-state index in [2.05, 4.69) is 5.32 Å². The van der Waals surface area contributed by atoms with Crippen molar-refractivity contribution in [2.75, 3.05) is 24.2 Å². The van der Waals surface area contributed by atoms with E-state index in [0.29, 0.717) is 5.02 Å². The van der Waals surface area contributed by atoms with E-state index < -0.39 is 23.2 Å². The molecule has 0 spiro atoms. The van der Waals surface area contributed by atoms with Crippen LogP contribution in [0, 0.1) is 11.6 Å². The Morgan fingerprint density at radius 3 is 2.33 bits per heavy atom. The number of rotatable bonds is 7. The van der Waals surface area contributed by atoms with Crippen molar-refractivity contribution in [2.24, 2.45) is 0 Å². The van der Waals surface area contributed by atoms with Gasteiger partial charge in [0.2, 0.25) is 11.8 Å². The molecule has 8 heteroatoms. The van der Waals surface area contributed by atoms with Crippen molar-refractivity contribution in [3.05, 3.63) is 71.3 Å². The molecule has 3 aromatic carbocycles. The highest BCUT2D eigenvalue weighted by Gasteiger charge is 2.19. The van der Waals surface area contributed by atoms with Gasteiger partial charge in [0.25, 0.3) is 0 Å². The normalized spacial score (nSPS) is 10.8. The molecular formula is C22H19ClF2N2O2S. The zero-order valence-electron chi connectivity index (χ0n) is 16.1. The number of anilines is 1. The van der Waals surface area contributed by atoms with Crippen LogP contribution in [0.5, 0.6) is 0 Å². The fourth-order valence-electron chi connectivity index (χ4n) is 2.96. The summed E-state index contributed by atoms with van der Waals surface area (Å²) in [7, 11) is 0. The van der Waals surface area contributed by atoms with Gasteiger partial charge >= 0.3 is 0 Å². The smallest absolute Gasteiger partial charge is 0.244 e. The Hall–Kier alpha value is -2.64. The molecule has 0 aliphatic heterocycles. The minimum atomic E-state index is -0.874. The summed E-state index contributed by atoms with van der Waals surface area (Å²) in [6.07, 6.45) is 0. The lowest BCUT2D eigenvalue weighted by Crippen LogP contribution is -2.39. The van der Waals surface area contributed by atoms with Crippen LogP contribution in [0.15, 0.2) is 59.5 Å². The third-order valence-corrected chi connectivity index (χ3v) is 5.82. The summed E-state index contributed by atoms with van der Waals surface area (Å²) in [5.74, 6) is -2.59. The number of para-hydroxylation sites is 1. The Bertz CT molecular complexity index is 1070. The van der Waals surface area contributed by atoms with Crippen molar-refractivity contribution in [1.82, 2.24) is 4.90 Å². The lowest BCUT2D eigenvalue weighted by atomic mass is 10.1. The second-order valence-corrected chi connectivity index (χ2v) is 7.86. The average molecular weight is 449 g/mol. The van der Waals surface area contributed by atoms with Crippen LogP contribution in [-0.4, -0.2) is 35.6 Å². The Kier molecular flexibility index (Phi) is 7.29. The third kappa shape index (κ3) is 5.09. The van der Waals surface area contributed by atoms with E-state index in [4.69, 9.17) is 11.6 Å². The number of fused-ring (bicyclic) bond motifs is 1. The zero-order valence-corrected chi connectivity index (χ0v) is 17.7. The van der Waals surface area contributed by atoms with Crippen molar-refractivity contribution < 1.29 is 18.4 Å². The van der Waals surface area contributed by atoms with Gasteiger partial charge in [-0.05, 0) is 36.6 Å². The molecule has 0 saturated carbocycles. The predicted molar refractivity (Wildman–Crippen MR) is 117 cm³/mol. The van der Waals surface area contributed by atoms with E-state index in [9.17, 15) is 18.4 Å². The highest BCUT2D eigenvalue weighted by Crippen LogP contribution is 2.33. The molecular weight excluding hydrogens is 430 g/mol. The summed E-state index contributed by atoms with van der Waals surface area (Å²) in [4.78, 5) is 27.0. The van der Waals surface area contributed by atoms with Crippen LogP contribution in [0.1, 0.15) is 6.92 Å². The molecule has 30 heavy (non-hydrogen) atoms. The van der Waals surface area contributed by atoms with Crippen LogP contribution in [0.2, 0.25) is 5.02 Å². The van der Waals surface area contributed by atoms with Crippen molar-refractivity contribution in [3.8, 4) is 0 Å². The first-order valence-corrected chi connectivity index (χ1v) is 10.6. The van der Waals surface area contributed by atoms with Crippen molar-refractivity contribution in [2.45, 2.75) is 11.8 Å². The molecule has 0 fully saturated rings. The average Bonchev–Trinajstić information content (AvgIpc) is 2.73. The lowest BCUT2D eigenvalue weighted by Gasteiger charge is -2.20. The molecule has 156 valence electrons. The SMILES string of the molecule is CCN(CC(=O)Nc1c(F)cccc1F)C(=O)CSc1cccc2cccc(Cl)c12. The molecule has 0 aromatic heterocycles. The van der Waals surface area contributed by atoms with Crippen LogP contribution in [-0.2, 0) is 9.59 Å². The van der Waals surface area contributed by atoms with Crippen LogP contribution in [0.25, 0.3) is 10.8 Å². The van der Waals surface area contributed by atoms with Gasteiger partial charge < -0.3 is 10.2 Å². The number of likely N-dealkylation sites (N-methyl/N-ethyl adjacent to an activating group) is 1. The molecule has 0 heterocycles. The van der Waals surface area contributed by atoms with Crippen LogP contribution in [0.4, 0.5) is 14.5 Å². The maximum Gasteiger partial charge on any atom is 0.244 e. The van der Waals surface area contributed by atoms with Gasteiger partial charge in [0.05, 0.1) is 12.3 Å². The Morgan fingerprint density at radius 2 is 1.67 bits per heavy atom. The quantitative estimate of drug-likeness (QED) is 0.495. The monoisotopic (exact) mass is 448 g/mol. The molecule has 0 bridgehead atoms. The van der Waals surface area contributed by atoms with E-state index in [1.807, 2.05) is 30.3 Å². The maximum absolute atomic E-state index is 13.7. The second-order valence-electron chi connectivity index (χ2n) is 6.44. The summed E-state index contributed by atoms with van der Waals surface area (Å²) in [5, 5.41) is 4.64. The highest BCUT2D eigenvalue weighted by molar-refractivity contribution is 8.00. The first kappa shape index (κ1) is 22.1. The Balaban J connectivity index is 1.65. The molecule has 2 amide bonds. The summed E-state index contributed by atoms with van der Waals surface area (Å²) in [6.45, 7) is 1.71. The van der Waals surface area contributed by atoms with E-state index >= 15 is 0 Å². The summed E-state index contributed by atoms with van der Waals surface area (Å²) >= 11 is 7.64. The fraction of sp³-hybridized carbons (Fsp3) is 0.182. The lowest BCUT2D eigenvalue weighted by molar-refractivity contribution is -0.132. The van der Waals surface area contributed by atoms with E-state index in [1.165, 1.54) is 22.7 Å². The second kappa shape index (κ2) is 9.91. The molecule has 4 nitrogen and oxygen atoms in total. The molecule has 0 unspecified atom stereocenters. The highest BCUT2D eigenvalue weighted by atomic mass is 35.5. The van der Waals surface area contributed by atoms with Crippen LogP contribution < -0.4 is 5.32 Å². The topological polar surface area (TPSA) is 49.4 Å². The van der Waals surface area contributed by atoms with Crippen molar-refractivity contribution in [3.63, 3.8) is 0 Å². The van der Waals surface area contributed by atoms with Gasteiger partial charge in [0.1, 0.15) is 17.3 Å². The van der Waals surface area contributed by atoms with Gasteiger partial charge in [-0.15, -0.1) is 11.8 Å². The molecule has 3 rings (SSSR count). The van der Waals surface area contributed by atoms with Crippen molar-refractivity contribution >= 4 is 51.6 Å². The number of nitrogens with one attached hydrogen (secondary N) is 1. The standard InChI is InChI=1S/C22H19ClF2N2O2S/c1-2-27(12-19(28)26-22-16(24)9-5-10-17(22)25)20(29)13-30-18-11-4-7-14-6-3-8-15(23)21(14)18/h3-11H,2,12-13H2,1H3,(H,26,28). The summed E-state index contributed by atoms with van der Waals surface area (Å²) in [5.41, 5.74) is -0.522. The number of nitrogens with zero attached hydrogens (tertiary/aromatic N) is 1. The number of hydrogen-bond donors (Lipinski definition) is 1. The first-order valence-electron chi connectivity index (χ1n) is 9.22. The minimum Gasteiger partial charge on any atom is -0.333 e. The number of carbonyl (C=O) groups is 2. The number of carbonyl (C=O) groups excluding carboxylic acids is 2. The van der Waals surface area contributed by atoms with Gasteiger partial charge in [-0.1, -0.05) is 41.9 Å². The molecule has 0 atom stereocenters. The van der Waals surface area contributed by atoms with Crippen molar-refractivity contribution in [1.29, 1.82) is 0 Å².